The number of unbranched alkanes of at least 4 members (excludes halogenated alkanes) is 1. The Morgan fingerprint density at radius 3 is 2.43 bits per heavy atom. The fraction of sp³-hybridized carbons (Fsp3) is 0.167. The molecule has 0 atom stereocenters. The van der Waals surface area contributed by atoms with Crippen LogP contribution >= 0.6 is 22.7 Å². The van der Waals surface area contributed by atoms with Crippen LogP contribution in [0.1, 0.15) is 29.4 Å². The molecule has 1 N–H and O–H groups in total. The molecule has 35 heavy (non-hydrogen) atoms. The molecule has 1 amide bonds. The van der Waals surface area contributed by atoms with Crippen molar-refractivity contribution in [2.75, 3.05) is 11.9 Å². The van der Waals surface area contributed by atoms with Gasteiger partial charge in [-0.05, 0) is 61.0 Å². The summed E-state index contributed by atoms with van der Waals surface area (Å²) in [6, 6.07) is 15.5. The summed E-state index contributed by atoms with van der Waals surface area (Å²) in [7, 11) is 0. The fourth-order valence-electron chi connectivity index (χ4n) is 2.97. The van der Waals surface area contributed by atoms with Gasteiger partial charge in [0.05, 0.1) is 16.4 Å². The molecule has 0 bridgehead atoms. The van der Waals surface area contributed by atoms with Gasteiger partial charge >= 0.3 is 5.00 Å². The number of benzene rings is 2. The van der Waals surface area contributed by atoms with Crippen LogP contribution in [-0.2, 0) is 0 Å². The number of nitrogens with one attached hydrogen (secondary N) is 1. The van der Waals surface area contributed by atoms with E-state index in [1.165, 1.54) is 36.4 Å². The second-order valence-electron chi connectivity index (χ2n) is 7.29. The van der Waals surface area contributed by atoms with Gasteiger partial charge in [-0.25, -0.2) is 9.37 Å². The van der Waals surface area contributed by atoms with Crippen molar-refractivity contribution in [2.24, 2.45) is 0 Å². The first kappa shape index (κ1) is 24.3. The number of rotatable bonds is 10. The van der Waals surface area contributed by atoms with E-state index in [1.807, 2.05) is 24.3 Å². The third-order valence-electron chi connectivity index (χ3n) is 4.73. The molecule has 0 fully saturated rings. The Bertz CT molecular complexity index is 1320. The van der Waals surface area contributed by atoms with E-state index < -0.39 is 16.6 Å². The van der Waals surface area contributed by atoms with E-state index in [9.17, 15) is 19.3 Å². The molecule has 11 heteroatoms. The second kappa shape index (κ2) is 11.1. The Balaban J connectivity index is 1.60. The maximum absolute atomic E-state index is 13.3. The standard InChI is InChI=1S/C24H20FN3O5S2/c1-2-3-14-32-17-8-4-15(5-9-17)21-23(33-18-10-6-16(25)7-11-18)35-24(26-21)27-22(29)19-12-13-20(34-19)28(30)31/h4-13H,2-3,14H2,1H3,(H,26,27,29). The van der Waals surface area contributed by atoms with Crippen molar-refractivity contribution in [3.63, 3.8) is 0 Å². The molecule has 0 unspecified atom stereocenters. The highest BCUT2D eigenvalue weighted by Crippen LogP contribution is 2.41. The Kier molecular flexibility index (Phi) is 7.68. The average molecular weight is 514 g/mol. The van der Waals surface area contributed by atoms with Crippen LogP contribution < -0.4 is 14.8 Å². The summed E-state index contributed by atoms with van der Waals surface area (Å²) in [4.78, 5) is 27.7. The summed E-state index contributed by atoms with van der Waals surface area (Å²) in [5.41, 5.74) is 1.21. The molecule has 0 aliphatic carbocycles. The Hall–Kier alpha value is -3.83. The molecular weight excluding hydrogens is 493 g/mol. The number of carbonyl (C=O) groups is 1. The minimum absolute atomic E-state index is 0.128. The van der Waals surface area contributed by atoms with Gasteiger partial charge in [0.2, 0.25) is 5.06 Å². The van der Waals surface area contributed by atoms with Crippen molar-refractivity contribution >= 4 is 38.7 Å². The number of aromatic nitrogens is 1. The number of halogens is 1. The first-order valence-corrected chi connectivity index (χ1v) is 12.3. The number of anilines is 1. The third kappa shape index (κ3) is 6.19. The van der Waals surface area contributed by atoms with E-state index in [0.29, 0.717) is 23.1 Å². The van der Waals surface area contributed by atoms with Crippen LogP contribution in [0.3, 0.4) is 0 Å². The average Bonchev–Trinajstić information content (AvgIpc) is 3.49. The number of thiophene rings is 1. The zero-order valence-electron chi connectivity index (χ0n) is 18.5. The molecule has 0 aliphatic heterocycles. The maximum atomic E-state index is 13.3. The number of amides is 1. The molecule has 180 valence electrons. The van der Waals surface area contributed by atoms with Gasteiger partial charge in [0.15, 0.2) is 5.13 Å². The van der Waals surface area contributed by atoms with Crippen LogP contribution in [0.2, 0.25) is 0 Å². The highest BCUT2D eigenvalue weighted by Gasteiger charge is 2.20. The van der Waals surface area contributed by atoms with Crippen LogP contribution in [-0.4, -0.2) is 22.4 Å². The number of hydrogen-bond acceptors (Lipinski definition) is 8. The smallest absolute Gasteiger partial charge is 0.324 e. The molecule has 0 saturated heterocycles. The molecule has 0 aliphatic rings. The van der Waals surface area contributed by atoms with Gasteiger partial charge in [0.25, 0.3) is 5.91 Å². The van der Waals surface area contributed by atoms with Crippen molar-refractivity contribution < 1.29 is 23.6 Å². The predicted octanol–water partition coefficient (Wildman–Crippen LogP) is 7.14. The van der Waals surface area contributed by atoms with Gasteiger partial charge in [-0.1, -0.05) is 36.0 Å². The Labute approximate surface area is 208 Å². The van der Waals surface area contributed by atoms with E-state index in [-0.39, 0.29) is 15.0 Å². The van der Waals surface area contributed by atoms with E-state index in [1.54, 1.807) is 0 Å². The number of nitro groups is 1. The Morgan fingerprint density at radius 2 is 1.77 bits per heavy atom. The van der Waals surface area contributed by atoms with Crippen molar-refractivity contribution in [3.8, 4) is 27.8 Å². The van der Waals surface area contributed by atoms with Crippen LogP contribution in [0.5, 0.6) is 16.6 Å². The van der Waals surface area contributed by atoms with Crippen LogP contribution in [0.15, 0.2) is 60.7 Å². The molecule has 2 aromatic carbocycles. The van der Waals surface area contributed by atoms with Crippen molar-refractivity contribution in [3.05, 3.63) is 81.5 Å². The molecule has 4 rings (SSSR count). The molecule has 0 saturated carbocycles. The molecule has 8 nitrogen and oxygen atoms in total. The van der Waals surface area contributed by atoms with E-state index in [2.05, 4.69) is 17.2 Å². The number of thiazole rings is 1. The topological polar surface area (TPSA) is 104 Å². The summed E-state index contributed by atoms with van der Waals surface area (Å²) < 4.78 is 25.0. The zero-order valence-corrected chi connectivity index (χ0v) is 20.2. The summed E-state index contributed by atoms with van der Waals surface area (Å²) in [6.07, 6.45) is 1.99. The van der Waals surface area contributed by atoms with E-state index in [4.69, 9.17) is 9.47 Å². The normalized spacial score (nSPS) is 10.7. The van der Waals surface area contributed by atoms with Gasteiger partial charge in [0, 0.05) is 11.6 Å². The molecule has 0 spiro atoms. The van der Waals surface area contributed by atoms with Crippen molar-refractivity contribution in [1.82, 2.24) is 4.98 Å². The quantitative estimate of drug-likeness (QED) is 0.137. The minimum atomic E-state index is -0.548. The number of carbonyl (C=O) groups excluding carboxylic acids is 1. The van der Waals surface area contributed by atoms with Gasteiger partial charge in [-0.15, -0.1) is 0 Å². The molecule has 2 heterocycles. The van der Waals surface area contributed by atoms with Crippen LogP contribution in [0, 0.1) is 15.9 Å². The summed E-state index contributed by atoms with van der Waals surface area (Å²) >= 11 is 1.87. The van der Waals surface area contributed by atoms with Gasteiger partial charge in [-0.2, -0.15) is 0 Å². The number of ether oxygens (including phenoxy) is 2. The van der Waals surface area contributed by atoms with Crippen LogP contribution in [0.25, 0.3) is 11.3 Å². The lowest BCUT2D eigenvalue weighted by atomic mass is 10.1. The summed E-state index contributed by atoms with van der Waals surface area (Å²) in [5, 5.41) is 14.1. The minimum Gasteiger partial charge on any atom is -0.494 e. The molecule has 4 aromatic rings. The Morgan fingerprint density at radius 1 is 1.06 bits per heavy atom. The van der Waals surface area contributed by atoms with Crippen molar-refractivity contribution in [1.29, 1.82) is 0 Å². The highest BCUT2D eigenvalue weighted by atomic mass is 32.1. The van der Waals surface area contributed by atoms with Crippen LogP contribution in [0.4, 0.5) is 14.5 Å². The number of nitrogens with zero attached hydrogens (tertiary/aromatic N) is 2. The van der Waals surface area contributed by atoms with Gasteiger partial charge in [-0.3, -0.25) is 20.2 Å². The summed E-state index contributed by atoms with van der Waals surface area (Å²) in [5.74, 6) is 0.226. The maximum Gasteiger partial charge on any atom is 0.324 e. The SMILES string of the molecule is CCCCOc1ccc(-c2nc(NC(=O)c3ccc([N+](=O)[O-])s3)sc2Oc2ccc(F)cc2)cc1. The van der Waals surface area contributed by atoms with E-state index >= 15 is 0 Å². The van der Waals surface area contributed by atoms with E-state index in [0.717, 1.165) is 46.8 Å². The molecule has 2 aromatic heterocycles. The van der Waals surface area contributed by atoms with Gasteiger partial charge in [0.1, 0.15) is 23.0 Å². The lowest BCUT2D eigenvalue weighted by Crippen LogP contribution is -2.09. The van der Waals surface area contributed by atoms with Gasteiger partial charge < -0.3 is 9.47 Å². The summed E-state index contributed by atoms with van der Waals surface area (Å²) in [6.45, 7) is 2.72. The van der Waals surface area contributed by atoms with Crippen molar-refractivity contribution in [2.45, 2.75) is 19.8 Å². The highest BCUT2D eigenvalue weighted by molar-refractivity contribution is 7.19. The number of hydrogen-bond donors (Lipinski definition) is 1. The molecular formula is C24H20FN3O5S2. The largest absolute Gasteiger partial charge is 0.494 e. The predicted molar refractivity (Wildman–Crippen MR) is 133 cm³/mol. The molecule has 0 radical (unpaired) electrons. The third-order valence-corrected chi connectivity index (χ3v) is 6.62. The lowest BCUT2D eigenvalue weighted by Gasteiger charge is -2.07. The monoisotopic (exact) mass is 513 g/mol. The fourth-order valence-corrected chi connectivity index (χ4v) is 4.54. The zero-order chi connectivity index (χ0) is 24.8. The first-order chi connectivity index (χ1) is 16.9. The first-order valence-electron chi connectivity index (χ1n) is 10.7. The second-order valence-corrected chi connectivity index (χ2v) is 9.31. The lowest BCUT2D eigenvalue weighted by molar-refractivity contribution is -0.380.